The van der Waals surface area contributed by atoms with Crippen LogP contribution in [0.2, 0.25) is 0 Å². The number of nitrogens with one attached hydrogen (secondary N) is 1. The molecule has 148 valence electrons. The van der Waals surface area contributed by atoms with Crippen molar-refractivity contribution in [2.24, 2.45) is 11.7 Å². The van der Waals surface area contributed by atoms with Crippen LogP contribution in [0, 0.1) is 5.92 Å². The van der Waals surface area contributed by atoms with Crippen molar-refractivity contribution in [3.05, 3.63) is 0 Å². The molecule has 6 nitrogen and oxygen atoms in total. The zero-order valence-corrected chi connectivity index (χ0v) is 16.0. The van der Waals surface area contributed by atoms with Gasteiger partial charge in [-0.2, -0.15) is 0 Å². The molecule has 25 heavy (non-hydrogen) atoms. The molecule has 0 aromatic heterocycles. The van der Waals surface area contributed by atoms with Gasteiger partial charge in [0.15, 0.2) is 0 Å². The molecule has 0 spiro atoms. The number of likely N-dealkylation sites (tertiary alicyclic amines) is 2. The summed E-state index contributed by atoms with van der Waals surface area (Å²) in [5, 5.41) is 2.21. The van der Waals surface area contributed by atoms with E-state index in [1.165, 1.54) is 0 Å². The smallest absolute Gasteiger partial charge is 0.277 e. The molecule has 2 unspecified atom stereocenters. The van der Waals surface area contributed by atoms with E-state index in [0.717, 1.165) is 25.9 Å². The van der Waals surface area contributed by atoms with Gasteiger partial charge in [-0.3, -0.25) is 14.5 Å². The Morgan fingerprint density at radius 1 is 1.40 bits per heavy atom. The van der Waals surface area contributed by atoms with Gasteiger partial charge in [0.2, 0.25) is 11.8 Å². The molecule has 2 heterocycles. The summed E-state index contributed by atoms with van der Waals surface area (Å²) in [6.45, 7) is 3.43. The van der Waals surface area contributed by atoms with Crippen LogP contribution in [0.15, 0.2) is 0 Å². The standard InChI is InChI=1S/C15H26F2N4O2.2ClH/c1-2-20-5-3-4-12(20)8-21-7-11(6-13(21)22)14(23)19-10-15(16,17)9-18;;/h11-12H,2-10,18H2,1H3,(H,19,23);2*1H. The molecule has 0 aromatic carbocycles. The van der Waals surface area contributed by atoms with Crippen LogP contribution in [-0.4, -0.2) is 72.8 Å². The number of rotatable bonds is 7. The van der Waals surface area contributed by atoms with Crippen LogP contribution in [0.5, 0.6) is 0 Å². The number of hydrogen-bond acceptors (Lipinski definition) is 4. The molecule has 2 atom stereocenters. The van der Waals surface area contributed by atoms with Crippen LogP contribution in [0.3, 0.4) is 0 Å². The molecule has 10 heteroatoms. The minimum Gasteiger partial charge on any atom is -0.350 e. The molecule has 2 saturated heterocycles. The summed E-state index contributed by atoms with van der Waals surface area (Å²) >= 11 is 0. The van der Waals surface area contributed by atoms with Crippen LogP contribution in [0.1, 0.15) is 26.2 Å². The summed E-state index contributed by atoms with van der Waals surface area (Å²) in [6.07, 6.45) is 2.27. The van der Waals surface area contributed by atoms with Gasteiger partial charge in [0, 0.05) is 25.6 Å². The van der Waals surface area contributed by atoms with E-state index in [1.54, 1.807) is 4.90 Å². The summed E-state index contributed by atoms with van der Waals surface area (Å²) in [7, 11) is 0. The Morgan fingerprint density at radius 2 is 2.08 bits per heavy atom. The van der Waals surface area contributed by atoms with Crippen molar-refractivity contribution in [1.82, 2.24) is 15.1 Å². The number of alkyl halides is 2. The van der Waals surface area contributed by atoms with Gasteiger partial charge in [-0.05, 0) is 25.9 Å². The van der Waals surface area contributed by atoms with Crippen molar-refractivity contribution >= 4 is 36.6 Å². The van der Waals surface area contributed by atoms with Gasteiger partial charge in [0.05, 0.1) is 19.0 Å². The number of halogens is 4. The molecule has 0 saturated carbocycles. The maximum atomic E-state index is 13.1. The molecule has 2 aliphatic heterocycles. The van der Waals surface area contributed by atoms with E-state index in [2.05, 4.69) is 17.1 Å². The lowest BCUT2D eigenvalue weighted by atomic mass is 10.1. The lowest BCUT2D eigenvalue weighted by Gasteiger charge is -2.27. The zero-order valence-electron chi connectivity index (χ0n) is 14.4. The van der Waals surface area contributed by atoms with E-state index < -0.39 is 30.8 Å². The first kappa shape index (κ1) is 24.3. The first-order chi connectivity index (χ1) is 10.9. The molecule has 3 N–H and O–H groups in total. The van der Waals surface area contributed by atoms with Crippen molar-refractivity contribution in [1.29, 1.82) is 0 Å². The third-order valence-corrected chi connectivity index (χ3v) is 4.74. The highest BCUT2D eigenvalue weighted by molar-refractivity contribution is 5.89. The van der Waals surface area contributed by atoms with Gasteiger partial charge in [0.1, 0.15) is 0 Å². The first-order valence-corrected chi connectivity index (χ1v) is 8.23. The van der Waals surface area contributed by atoms with Crippen LogP contribution in [0.4, 0.5) is 8.78 Å². The summed E-state index contributed by atoms with van der Waals surface area (Å²) in [6, 6.07) is 0.340. The summed E-state index contributed by atoms with van der Waals surface area (Å²) < 4.78 is 26.2. The minimum atomic E-state index is -3.11. The average molecular weight is 405 g/mol. The molecule has 2 rings (SSSR count). The lowest BCUT2D eigenvalue weighted by molar-refractivity contribution is -0.129. The number of amides is 2. The average Bonchev–Trinajstić information content (AvgIpc) is 3.12. The summed E-state index contributed by atoms with van der Waals surface area (Å²) in [5.74, 6) is -4.22. The number of nitrogens with two attached hydrogens (primary N) is 1. The van der Waals surface area contributed by atoms with Gasteiger partial charge in [-0.25, -0.2) is 8.78 Å². The van der Waals surface area contributed by atoms with Gasteiger partial charge < -0.3 is 16.0 Å². The second-order valence-electron chi connectivity index (χ2n) is 6.40. The van der Waals surface area contributed by atoms with Crippen LogP contribution >= 0.6 is 24.8 Å². The van der Waals surface area contributed by atoms with Crippen molar-refractivity contribution in [2.75, 3.05) is 39.3 Å². The molecule has 0 aromatic rings. The fraction of sp³-hybridized carbons (Fsp3) is 0.867. The Hall–Kier alpha value is -0.700. The Bertz CT molecular complexity index is 457. The zero-order chi connectivity index (χ0) is 17.0. The van der Waals surface area contributed by atoms with E-state index in [1.807, 2.05) is 0 Å². The SMILES string of the molecule is CCN1CCCC1CN1CC(C(=O)NCC(F)(F)CN)CC1=O.Cl.Cl. The van der Waals surface area contributed by atoms with Crippen molar-refractivity contribution in [3.63, 3.8) is 0 Å². The molecule has 2 amide bonds. The van der Waals surface area contributed by atoms with Gasteiger partial charge in [0.25, 0.3) is 5.92 Å². The molecule has 0 radical (unpaired) electrons. The number of carbonyl (C=O) groups is 2. The fourth-order valence-electron chi connectivity index (χ4n) is 3.33. The topological polar surface area (TPSA) is 78.7 Å². The molecule has 0 bridgehead atoms. The van der Waals surface area contributed by atoms with Gasteiger partial charge >= 0.3 is 0 Å². The van der Waals surface area contributed by atoms with Crippen molar-refractivity contribution in [3.8, 4) is 0 Å². The fourth-order valence-corrected chi connectivity index (χ4v) is 3.33. The summed E-state index contributed by atoms with van der Waals surface area (Å²) in [5.41, 5.74) is 4.94. The minimum absolute atomic E-state index is 0. The molecule has 2 aliphatic rings. The monoisotopic (exact) mass is 404 g/mol. The van der Waals surface area contributed by atoms with E-state index in [0.29, 0.717) is 19.1 Å². The van der Waals surface area contributed by atoms with Crippen LogP contribution in [0.25, 0.3) is 0 Å². The van der Waals surface area contributed by atoms with Crippen LogP contribution in [-0.2, 0) is 9.59 Å². The Kier molecular flexibility index (Phi) is 10.2. The number of nitrogens with zero attached hydrogens (tertiary/aromatic N) is 2. The van der Waals surface area contributed by atoms with E-state index in [9.17, 15) is 18.4 Å². The predicted molar refractivity (Wildman–Crippen MR) is 96.5 cm³/mol. The van der Waals surface area contributed by atoms with Gasteiger partial charge in [-0.1, -0.05) is 6.92 Å². The maximum absolute atomic E-state index is 13.1. The lowest BCUT2D eigenvalue weighted by Crippen LogP contribution is -2.44. The van der Waals surface area contributed by atoms with E-state index in [4.69, 9.17) is 5.73 Å². The Balaban J connectivity index is 0.00000288. The number of hydrogen-bond donors (Lipinski definition) is 2. The Labute approximate surface area is 159 Å². The highest BCUT2D eigenvalue weighted by atomic mass is 35.5. The molecule has 2 fully saturated rings. The van der Waals surface area contributed by atoms with Gasteiger partial charge in [-0.15, -0.1) is 24.8 Å². The maximum Gasteiger partial charge on any atom is 0.277 e. The second kappa shape index (κ2) is 10.4. The van der Waals surface area contributed by atoms with E-state index in [-0.39, 0.29) is 37.1 Å². The predicted octanol–water partition coefficient (Wildman–Crippen LogP) is 0.873. The molecular weight excluding hydrogens is 377 g/mol. The van der Waals surface area contributed by atoms with Crippen LogP contribution < -0.4 is 11.1 Å². The number of carbonyl (C=O) groups excluding carboxylic acids is 2. The molecule has 0 aliphatic carbocycles. The molecular formula is C15H28Cl2F2N4O2. The summed E-state index contributed by atoms with van der Waals surface area (Å²) in [4.78, 5) is 28.1. The normalized spacial score (nSPS) is 24.0. The third-order valence-electron chi connectivity index (χ3n) is 4.74. The van der Waals surface area contributed by atoms with Crippen molar-refractivity contribution in [2.45, 2.75) is 38.2 Å². The third kappa shape index (κ3) is 6.51. The van der Waals surface area contributed by atoms with E-state index >= 15 is 0 Å². The largest absolute Gasteiger partial charge is 0.350 e. The highest BCUT2D eigenvalue weighted by Gasteiger charge is 2.38. The first-order valence-electron chi connectivity index (χ1n) is 8.23. The second-order valence-corrected chi connectivity index (χ2v) is 6.40. The Morgan fingerprint density at radius 3 is 2.68 bits per heavy atom. The quantitative estimate of drug-likeness (QED) is 0.659. The van der Waals surface area contributed by atoms with Crippen molar-refractivity contribution < 1.29 is 18.4 Å². The number of likely N-dealkylation sites (N-methyl/N-ethyl adjacent to an activating group) is 1. The highest BCUT2D eigenvalue weighted by Crippen LogP contribution is 2.23.